The SMILES string of the molecule is CCN(CCO)C(=O)OCCCl. The van der Waals surface area contributed by atoms with Crippen molar-refractivity contribution < 1.29 is 14.6 Å². The van der Waals surface area contributed by atoms with Crippen molar-refractivity contribution >= 4 is 17.7 Å². The van der Waals surface area contributed by atoms with Crippen molar-refractivity contribution in [3.63, 3.8) is 0 Å². The second-order valence-corrected chi connectivity index (χ2v) is 2.48. The molecule has 12 heavy (non-hydrogen) atoms. The van der Waals surface area contributed by atoms with Gasteiger partial charge in [0.25, 0.3) is 0 Å². The summed E-state index contributed by atoms with van der Waals surface area (Å²) in [6.45, 7) is 2.81. The molecule has 1 N–H and O–H groups in total. The Morgan fingerprint density at radius 3 is 2.75 bits per heavy atom. The van der Waals surface area contributed by atoms with Crippen LogP contribution in [0.4, 0.5) is 4.79 Å². The number of aliphatic hydroxyl groups is 1. The van der Waals surface area contributed by atoms with Gasteiger partial charge in [0.15, 0.2) is 0 Å². The Morgan fingerprint density at radius 1 is 1.67 bits per heavy atom. The van der Waals surface area contributed by atoms with Gasteiger partial charge >= 0.3 is 6.09 Å². The first-order chi connectivity index (χ1) is 5.76. The molecule has 72 valence electrons. The summed E-state index contributed by atoms with van der Waals surface area (Å²) in [5.74, 6) is 0.294. The molecule has 0 unspecified atom stereocenters. The Bertz CT molecular complexity index is 132. The van der Waals surface area contributed by atoms with Crippen LogP contribution in [0.25, 0.3) is 0 Å². The van der Waals surface area contributed by atoms with Gasteiger partial charge in [-0.15, -0.1) is 11.6 Å². The smallest absolute Gasteiger partial charge is 0.409 e. The zero-order chi connectivity index (χ0) is 9.40. The summed E-state index contributed by atoms with van der Waals surface area (Å²) in [4.78, 5) is 12.5. The molecule has 0 radical (unpaired) electrons. The molecule has 0 rings (SSSR count). The molecule has 0 aliphatic heterocycles. The molecule has 0 aliphatic rings. The minimum atomic E-state index is -0.424. The number of carbonyl (C=O) groups excluding carboxylic acids is 1. The van der Waals surface area contributed by atoms with Gasteiger partial charge in [-0.05, 0) is 6.92 Å². The van der Waals surface area contributed by atoms with E-state index in [1.54, 1.807) is 0 Å². The second kappa shape index (κ2) is 7.18. The zero-order valence-electron chi connectivity index (χ0n) is 7.12. The molecule has 0 aromatic heterocycles. The van der Waals surface area contributed by atoms with E-state index in [0.717, 1.165) is 0 Å². The standard InChI is InChI=1S/C7H14ClNO3/c1-2-9(4-5-10)7(11)12-6-3-8/h10H,2-6H2,1H3. The summed E-state index contributed by atoms with van der Waals surface area (Å²) < 4.78 is 4.74. The molecular formula is C7H14ClNO3. The van der Waals surface area contributed by atoms with Crippen molar-refractivity contribution in [1.29, 1.82) is 0 Å². The minimum absolute atomic E-state index is 0.0518. The Balaban J connectivity index is 3.69. The third-order valence-electron chi connectivity index (χ3n) is 1.31. The zero-order valence-corrected chi connectivity index (χ0v) is 7.88. The van der Waals surface area contributed by atoms with Crippen molar-refractivity contribution in [1.82, 2.24) is 4.90 Å². The van der Waals surface area contributed by atoms with Gasteiger partial charge in [-0.1, -0.05) is 0 Å². The number of rotatable bonds is 5. The molecular weight excluding hydrogens is 182 g/mol. The van der Waals surface area contributed by atoms with E-state index in [1.165, 1.54) is 4.90 Å². The number of likely N-dealkylation sites (N-methyl/N-ethyl adjacent to an activating group) is 1. The molecule has 0 saturated heterocycles. The summed E-state index contributed by atoms with van der Waals surface area (Å²) in [7, 11) is 0. The minimum Gasteiger partial charge on any atom is -0.448 e. The predicted octanol–water partition coefficient (Wildman–Crippen LogP) is 0.676. The number of carbonyl (C=O) groups is 1. The van der Waals surface area contributed by atoms with Gasteiger partial charge in [-0.2, -0.15) is 0 Å². The highest BCUT2D eigenvalue weighted by Crippen LogP contribution is 1.93. The normalized spacial score (nSPS) is 9.58. The van der Waals surface area contributed by atoms with Crippen LogP contribution in [0.2, 0.25) is 0 Å². The third kappa shape index (κ3) is 4.41. The van der Waals surface area contributed by atoms with Gasteiger partial charge in [0.05, 0.1) is 12.5 Å². The first-order valence-electron chi connectivity index (χ1n) is 3.84. The molecule has 0 spiro atoms. The number of hydrogen-bond acceptors (Lipinski definition) is 3. The summed E-state index contributed by atoms with van der Waals surface area (Å²) in [5, 5.41) is 8.57. The van der Waals surface area contributed by atoms with E-state index in [4.69, 9.17) is 21.4 Å². The van der Waals surface area contributed by atoms with Crippen molar-refractivity contribution in [2.75, 3.05) is 32.2 Å². The van der Waals surface area contributed by atoms with Crippen LogP contribution in [-0.2, 0) is 4.74 Å². The van der Waals surface area contributed by atoms with Gasteiger partial charge in [0.1, 0.15) is 6.61 Å². The Hall–Kier alpha value is -0.480. The maximum Gasteiger partial charge on any atom is 0.409 e. The number of amides is 1. The molecule has 0 fully saturated rings. The summed E-state index contributed by atoms with van der Waals surface area (Å²) in [6.07, 6.45) is -0.424. The number of alkyl halides is 1. The van der Waals surface area contributed by atoms with E-state index in [-0.39, 0.29) is 13.2 Å². The molecule has 4 nitrogen and oxygen atoms in total. The summed E-state index contributed by atoms with van der Waals surface area (Å²) in [6, 6.07) is 0. The topological polar surface area (TPSA) is 49.8 Å². The van der Waals surface area contributed by atoms with Crippen LogP contribution in [-0.4, -0.2) is 48.3 Å². The molecule has 5 heteroatoms. The maximum absolute atomic E-state index is 11.1. The highest BCUT2D eigenvalue weighted by molar-refractivity contribution is 6.18. The van der Waals surface area contributed by atoms with Crippen LogP contribution in [0.5, 0.6) is 0 Å². The lowest BCUT2D eigenvalue weighted by Crippen LogP contribution is -2.34. The van der Waals surface area contributed by atoms with E-state index < -0.39 is 6.09 Å². The number of nitrogens with zero attached hydrogens (tertiary/aromatic N) is 1. The first kappa shape index (κ1) is 11.5. The van der Waals surface area contributed by atoms with Crippen LogP contribution in [0, 0.1) is 0 Å². The van der Waals surface area contributed by atoms with Gasteiger partial charge in [0, 0.05) is 13.1 Å². The van der Waals surface area contributed by atoms with Gasteiger partial charge in [0.2, 0.25) is 0 Å². The monoisotopic (exact) mass is 195 g/mol. The Kier molecular flexibility index (Phi) is 6.90. The number of ether oxygens (including phenoxy) is 1. The highest BCUT2D eigenvalue weighted by atomic mass is 35.5. The van der Waals surface area contributed by atoms with Gasteiger partial charge in [-0.25, -0.2) is 4.79 Å². The molecule has 0 bridgehead atoms. The fourth-order valence-corrected chi connectivity index (χ4v) is 0.794. The van der Waals surface area contributed by atoms with Gasteiger partial charge in [-0.3, -0.25) is 0 Å². The molecule has 1 amide bonds. The summed E-state index contributed by atoms with van der Waals surface area (Å²) in [5.41, 5.74) is 0. The van der Waals surface area contributed by atoms with Crippen molar-refractivity contribution in [2.45, 2.75) is 6.92 Å². The predicted molar refractivity (Wildman–Crippen MR) is 46.4 cm³/mol. The van der Waals surface area contributed by atoms with Crippen molar-refractivity contribution in [2.24, 2.45) is 0 Å². The molecule has 0 aliphatic carbocycles. The second-order valence-electron chi connectivity index (χ2n) is 2.11. The van der Waals surface area contributed by atoms with Crippen molar-refractivity contribution in [3.05, 3.63) is 0 Å². The highest BCUT2D eigenvalue weighted by Gasteiger charge is 2.10. The van der Waals surface area contributed by atoms with E-state index in [9.17, 15) is 4.79 Å². The van der Waals surface area contributed by atoms with Crippen LogP contribution >= 0.6 is 11.6 Å². The van der Waals surface area contributed by atoms with Crippen molar-refractivity contribution in [3.8, 4) is 0 Å². The lowest BCUT2D eigenvalue weighted by Gasteiger charge is -2.18. The average Bonchev–Trinajstić information content (AvgIpc) is 2.10. The lowest BCUT2D eigenvalue weighted by atomic mass is 10.5. The lowest BCUT2D eigenvalue weighted by molar-refractivity contribution is 0.101. The van der Waals surface area contributed by atoms with Crippen LogP contribution < -0.4 is 0 Å². The maximum atomic E-state index is 11.1. The Labute approximate surface area is 77.1 Å². The van der Waals surface area contributed by atoms with Crippen LogP contribution in [0.1, 0.15) is 6.92 Å². The Morgan fingerprint density at radius 2 is 2.33 bits per heavy atom. The number of halogens is 1. The quantitative estimate of drug-likeness (QED) is 0.657. The average molecular weight is 196 g/mol. The summed E-state index contributed by atoms with van der Waals surface area (Å²) >= 11 is 5.33. The fraction of sp³-hybridized carbons (Fsp3) is 0.857. The molecule has 0 aromatic rings. The number of hydrogen-bond donors (Lipinski definition) is 1. The molecule has 0 heterocycles. The van der Waals surface area contributed by atoms with Gasteiger partial charge < -0.3 is 14.7 Å². The largest absolute Gasteiger partial charge is 0.448 e. The molecule has 0 atom stereocenters. The van der Waals surface area contributed by atoms with E-state index in [2.05, 4.69) is 0 Å². The molecule has 0 aromatic carbocycles. The van der Waals surface area contributed by atoms with E-state index in [0.29, 0.717) is 19.0 Å². The fourth-order valence-electron chi connectivity index (χ4n) is 0.716. The van der Waals surface area contributed by atoms with E-state index >= 15 is 0 Å². The number of aliphatic hydroxyl groups excluding tert-OH is 1. The molecule has 0 saturated carbocycles. The van der Waals surface area contributed by atoms with Crippen LogP contribution in [0.15, 0.2) is 0 Å². The first-order valence-corrected chi connectivity index (χ1v) is 4.38. The third-order valence-corrected chi connectivity index (χ3v) is 1.47. The van der Waals surface area contributed by atoms with Crippen LogP contribution in [0.3, 0.4) is 0 Å². The van der Waals surface area contributed by atoms with E-state index in [1.807, 2.05) is 6.92 Å².